The molecule has 0 radical (unpaired) electrons. The maximum Gasteiger partial charge on any atom is 0.357 e. The predicted octanol–water partition coefficient (Wildman–Crippen LogP) is 2.18. The molecule has 19 heavy (non-hydrogen) atoms. The van der Waals surface area contributed by atoms with E-state index < -0.39 is 5.97 Å². The number of carbonyl (C=O) groups is 1. The average molecular weight is 277 g/mol. The fourth-order valence-corrected chi connectivity index (χ4v) is 2.14. The highest BCUT2D eigenvalue weighted by Crippen LogP contribution is 2.10. The van der Waals surface area contributed by atoms with Gasteiger partial charge in [-0.15, -0.1) is 0 Å². The first-order chi connectivity index (χ1) is 9.20. The Morgan fingerprint density at radius 2 is 2.37 bits per heavy atom. The van der Waals surface area contributed by atoms with E-state index in [-0.39, 0.29) is 6.10 Å². The number of pyridine rings is 1. The Morgan fingerprint density at radius 1 is 1.53 bits per heavy atom. The largest absolute Gasteiger partial charge is 0.457 e. The van der Waals surface area contributed by atoms with E-state index in [1.807, 2.05) is 19.2 Å². The summed E-state index contributed by atoms with van der Waals surface area (Å²) in [4.78, 5) is 16.0. The number of hydrogen-bond donors (Lipinski definition) is 0. The van der Waals surface area contributed by atoms with Crippen molar-refractivity contribution < 1.29 is 9.53 Å². The topological polar surface area (TPSA) is 57.0 Å². The summed E-state index contributed by atoms with van der Waals surface area (Å²) in [6, 6.07) is 5.27. The average Bonchev–Trinajstić information content (AvgIpc) is 2.93. The third kappa shape index (κ3) is 3.57. The van der Waals surface area contributed by atoms with Crippen LogP contribution in [-0.2, 0) is 4.74 Å². The Balaban J connectivity index is 2.12. The van der Waals surface area contributed by atoms with E-state index in [0.29, 0.717) is 5.69 Å². The predicted molar refractivity (Wildman–Crippen MR) is 74.6 cm³/mol. The molecular weight excluding hydrogens is 262 g/mol. The summed E-state index contributed by atoms with van der Waals surface area (Å²) in [5, 5.41) is 4.11. The molecule has 2 rings (SSSR count). The van der Waals surface area contributed by atoms with Crippen LogP contribution in [0.2, 0.25) is 0 Å². The maximum atomic E-state index is 11.9. The monoisotopic (exact) mass is 277 g/mol. The number of thioether (sulfide) groups is 1. The molecule has 2 heterocycles. The first kappa shape index (κ1) is 13.6. The van der Waals surface area contributed by atoms with Crippen LogP contribution in [0.15, 0.2) is 36.8 Å². The summed E-state index contributed by atoms with van der Waals surface area (Å²) in [6.07, 6.45) is 6.91. The minimum Gasteiger partial charge on any atom is -0.457 e. The van der Waals surface area contributed by atoms with Crippen LogP contribution in [0.5, 0.6) is 0 Å². The van der Waals surface area contributed by atoms with Crippen LogP contribution in [0.25, 0.3) is 5.69 Å². The number of esters is 1. The third-order valence-electron chi connectivity index (χ3n) is 2.43. The van der Waals surface area contributed by atoms with Crippen molar-refractivity contribution in [1.82, 2.24) is 14.8 Å². The first-order valence-electron chi connectivity index (χ1n) is 5.86. The van der Waals surface area contributed by atoms with Gasteiger partial charge >= 0.3 is 5.97 Å². The molecule has 1 atom stereocenters. The van der Waals surface area contributed by atoms with Gasteiger partial charge in [-0.05, 0) is 31.4 Å². The minimum atomic E-state index is -0.407. The smallest absolute Gasteiger partial charge is 0.357 e. The highest BCUT2D eigenvalue weighted by Gasteiger charge is 2.13. The van der Waals surface area contributed by atoms with Crippen molar-refractivity contribution in [2.45, 2.75) is 13.0 Å². The Hall–Kier alpha value is -1.82. The zero-order chi connectivity index (χ0) is 13.7. The molecule has 0 bridgehead atoms. The van der Waals surface area contributed by atoms with Crippen LogP contribution in [-0.4, -0.2) is 38.8 Å². The lowest BCUT2D eigenvalue weighted by atomic mass is 10.3. The molecule has 5 nitrogen and oxygen atoms in total. The van der Waals surface area contributed by atoms with Crippen molar-refractivity contribution in [3.05, 3.63) is 42.5 Å². The Kier molecular flexibility index (Phi) is 4.57. The summed E-state index contributed by atoms with van der Waals surface area (Å²) in [5.41, 5.74) is 1.07. The summed E-state index contributed by atoms with van der Waals surface area (Å²) in [6.45, 7) is 1.87. The van der Waals surface area contributed by atoms with Gasteiger partial charge in [0.2, 0.25) is 0 Å². The molecule has 0 aromatic carbocycles. The number of aromatic nitrogens is 3. The normalized spacial score (nSPS) is 12.1. The van der Waals surface area contributed by atoms with Gasteiger partial charge < -0.3 is 4.74 Å². The fraction of sp³-hybridized carbons (Fsp3) is 0.308. The van der Waals surface area contributed by atoms with E-state index in [0.717, 1.165) is 11.4 Å². The van der Waals surface area contributed by atoms with E-state index in [9.17, 15) is 4.79 Å². The van der Waals surface area contributed by atoms with Gasteiger partial charge in [0.05, 0.1) is 5.69 Å². The van der Waals surface area contributed by atoms with Crippen molar-refractivity contribution >= 4 is 17.7 Å². The molecule has 0 spiro atoms. The first-order valence-corrected chi connectivity index (χ1v) is 7.26. The number of ether oxygens (including phenoxy) is 1. The zero-order valence-corrected chi connectivity index (χ0v) is 11.6. The standard InChI is InChI=1S/C13H15N3O2S/c1-10(9-19-2)18-13(17)12-8-11(4-6-14-12)16-7-3-5-15-16/h3-8,10H,9H2,1-2H3/t10-/m0/s1. The molecule has 0 saturated carbocycles. The molecule has 0 aliphatic carbocycles. The maximum absolute atomic E-state index is 11.9. The van der Waals surface area contributed by atoms with Gasteiger partial charge in [-0.25, -0.2) is 14.5 Å². The van der Waals surface area contributed by atoms with Gasteiger partial charge in [0.1, 0.15) is 6.10 Å². The van der Waals surface area contributed by atoms with Crippen LogP contribution in [0.3, 0.4) is 0 Å². The van der Waals surface area contributed by atoms with Gasteiger partial charge in [-0.3, -0.25) is 0 Å². The van der Waals surface area contributed by atoms with E-state index >= 15 is 0 Å². The minimum absolute atomic E-state index is 0.127. The van der Waals surface area contributed by atoms with E-state index in [4.69, 9.17) is 4.74 Å². The quantitative estimate of drug-likeness (QED) is 0.784. The van der Waals surface area contributed by atoms with Crippen LogP contribution in [0.1, 0.15) is 17.4 Å². The van der Waals surface area contributed by atoms with Gasteiger partial charge in [-0.2, -0.15) is 16.9 Å². The molecule has 6 heteroatoms. The Morgan fingerprint density at radius 3 is 3.05 bits per heavy atom. The van der Waals surface area contributed by atoms with Gasteiger partial charge in [0.15, 0.2) is 5.69 Å². The summed E-state index contributed by atoms with van der Waals surface area (Å²) >= 11 is 1.64. The molecule has 0 fully saturated rings. The molecule has 0 aliphatic heterocycles. The second-order valence-electron chi connectivity index (χ2n) is 4.02. The number of rotatable bonds is 5. The van der Waals surface area contributed by atoms with Crippen molar-refractivity contribution in [3.63, 3.8) is 0 Å². The van der Waals surface area contributed by atoms with Crippen LogP contribution in [0, 0.1) is 0 Å². The van der Waals surface area contributed by atoms with Crippen molar-refractivity contribution in [2.75, 3.05) is 12.0 Å². The summed E-state index contributed by atoms with van der Waals surface area (Å²) < 4.78 is 6.97. The molecular formula is C13H15N3O2S. The van der Waals surface area contributed by atoms with Crippen LogP contribution >= 0.6 is 11.8 Å². The number of nitrogens with zero attached hydrogens (tertiary/aromatic N) is 3. The van der Waals surface area contributed by atoms with Gasteiger partial charge in [0, 0.05) is 24.3 Å². The molecule has 100 valence electrons. The zero-order valence-electron chi connectivity index (χ0n) is 10.8. The highest BCUT2D eigenvalue weighted by atomic mass is 32.2. The SMILES string of the molecule is CSC[C@H](C)OC(=O)c1cc(-n2cccn2)ccn1. The molecule has 0 saturated heterocycles. The fourth-order valence-electron chi connectivity index (χ4n) is 1.61. The third-order valence-corrected chi connectivity index (χ3v) is 3.23. The Labute approximate surface area is 116 Å². The molecule has 2 aromatic heterocycles. The molecule has 0 N–H and O–H groups in total. The summed E-state index contributed by atoms with van der Waals surface area (Å²) in [7, 11) is 0. The lowest BCUT2D eigenvalue weighted by molar-refractivity contribution is 0.0379. The van der Waals surface area contributed by atoms with Crippen molar-refractivity contribution in [3.8, 4) is 5.69 Å². The van der Waals surface area contributed by atoms with Gasteiger partial charge in [-0.1, -0.05) is 0 Å². The summed E-state index contributed by atoms with van der Waals surface area (Å²) in [5.74, 6) is 0.362. The van der Waals surface area contributed by atoms with Crippen LogP contribution < -0.4 is 0 Å². The van der Waals surface area contributed by atoms with Crippen molar-refractivity contribution in [2.24, 2.45) is 0 Å². The molecule has 2 aromatic rings. The van der Waals surface area contributed by atoms with E-state index in [1.165, 1.54) is 0 Å². The number of carbonyl (C=O) groups excluding carboxylic acids is 1. The van der Waals surface area contributed by atoms with E-state index in [1.54, 1.807) is 47.2 Å². The number of hydrogen-bond acceptors (Lipinski definition) is 5. The highest BCUT2D eigenvalue weighted by molar-refractivity contribution is 7.98. The second-order valence-corrected chi connectivity index (χ2v) is 4.93. The van der Waals surface area contributed by atoms with E-state index in [2.05, 4.69) is 10.1 Å². The van der Waals surface area contributed by atoms with Crippen molar-refractivity contribution in [1.29, 1.82) is 0 Å². The lowest BCUT2D eigenvalue weighted by Crippen LogP contribution is -2.18. The molecule has 0 aliphatic rings. The lowest BCUT2D eigenvalue weighted by Gasteiger charge is -2.11. The molecule has 0 amide bonds. The Bertz CT molecular complexity index is 543. The van der Waals surface area contributed by atoms with Gasteiger partial charge in [0.25, 0.3) is 0 Å². The second kappa shape index (κ2) is 6.38. The molecule has 0 unspecified atom stereocenters. The van der Waals surface area contributed by atoms with Crippen LogP contribution in [0.4, 0.5) is 0 Å².